The highest BCUT2D eigenvalue weighted by Gasteiger charge is 2.23. The molecule has 3 N–H and O–H groups in total. The first-order chi connectivity index (χ1) is 10.9. The van der Waals surface area contributed by atoms with E-state index in [2.05, 4.69) is 22.7 Å². The molecule has 0 aliphatic heterocycles. The number of rotatable bonds is 6. The predicted octanol–water partition coefficient (Wildman–Crippen LogP) is 2.40. The molecule has 1 unspecified atom stereocenters. The van der Waals surface area contributed by atoms with Crippen LogP contribution in [-0.4, -0.2) is 27.5 Å². The van der Waals surface area contributed by atoms with Crippen molar-refractivity contribution >= 4 is 11.8 Å². The van der Waals surface area contributed by atoms with Gasteiger partial charge in [-0.1, -0.05) is 43.7 Å². The number of nitrogens with zero attached hydrogens (tertiary/aromatic N) is 2. The average Bonchev–Trinajstić information content (AvgIpc) is 2.86. The molecule has 0 bridgehead atoms. The highest BCUT2D eigenvalue weighted by atomic mass is 16.3. The van der Waals surface area contributed by atoms with E-state index in [-0.39, 0.29) is 12.6 Å². The van der Waals surface area contributed by atoms with Crippen LogP contribution in [0.4, 0.5) is 10.6 Å². The SMILES string of the molecule is CCCc1cc(NC(=O)NCC(C)(O)c2ccccc2)n(C)n1. The Bertz CT molecular complexity index is 650. The number of aliphatic hydroxyl groups is 1. The molecule has 6 nitrogen and oxygen atoms in total. The van der Waals surface area contributed by atoms with Gasteiger partial charge in [0.1, 0.15) is 11.4 Å². The lowest BCUT2D eigenvalue weighted by Crippen LogP contribution is -2.40. The fraction of sp³-hybridized carbons (Fsp3) is 0.412. The van der Waals surface area contributed by atoms with E-state index in [1.54, 1.807) is 18.7 Å². The molecular formula is C17H24N4O2. The number of hydrogen-bond acceptors (Lipinski definition) is 3. The van der Waals surface area contributed by atoms with Crippen molar-refractivity contribution in [3.8, 4) is 0 Å². The van der Waals surface area contributed by atoms with Crippen molar-refractivity contribution in [3.63, 3.8) is 0 Å². The number of aromatic nitrogens is 2. The normalized spacial score (nSPS) is 13.4. The van der Waals surface area contributed by atoms with Gasteiger partial charge in [-0.2, -0.15) is 5.10 Å². The van der Waals surface area contributed by atoms with E-state index in [0.717, 1.165) is 24.1 Å². The van der Waals surface area contributed by atoms with E-state index in [9.17, 15) is 9.90 Å². The van der Waals surface area contributed by atoms with Crippen molar-refractivity contribution in [3.05, 3.63) is 47.7 Å². The number of hydrogen-bond donors (Lipinski definition) is 3. The summed E-state index contributed by atoms with van der Waals surface area (Å²) < 4.78 is 1.64. The average molecular weight is 316 g/mol. The third-order valence-electron chi connectivity index (χ3n) is 3.67. The fourth-order valence-electron chi connectivity index (χ4n) is 2.33. The summed E-state index contributed by atoms with van der Waals surface area (Å²) in [7, 11) is 1.79. The summed E-state index contributed by atoms with van der Waals surface area (Å²) in [6, 6.07) is 10.8. The molecule has 0 saturated carbocycles. The molecule has 0 saturated heterocycles. The Labute approximate surface area is 136 Å². The molecule has 1 atom stereocenters. The summed E-state index contributed by atoms with van der Waals surface area (Å²) in [4.78, 5) is 12.0. The molecule has 1 aromatic heterocycles. The minimum Gasteiger partial charge on any atom is -0.384 e. The number of anilines is 1. The van der Waals surface area contributed by atoms with E-state index in [1.165, 1.54) is 0 Å². The second-order valence-corrected chi connectivity index (χ2v) is 5.84. The number of benzene rings is 1. The van der Waals surface area contributed by atoms with Gasteiger partial charge >= 0.3 is 6.03 Å². The van der Waals surface area contributed by atoms with Crippen LogP contribution in [0.3, 0.4) is 0 Å². The van der Waals surface area contributed by atoms with Gasteiger partial charge in [-0.05, 0) is 18.9 Å². The Morgan fingerprint density at radius 1 is 1.35 bits per heavy atom. The molecule has 2 aromatic rings. The van der Waals surface area contributed by atoms with Crippen molar-refractivity contribution in [1.29, 1.82) is 0 Å². The Balaban J connectivity index is 1.92. The topological polar surface area (TPSA) is 79.2 Å². The largest absolute Gasteiger partial charge is 0.384 e. The number of carbonyl (C=O) groups is 1. The molecular weight excluding hydrogens is 292 g/mol. The predicted molar refractivity (Wildman–Crippen MR) is 90.2 cm³/mol. The lowest BCUT2D eigenvalue weighted by atomic mass is 9.96. The second kappa shape index (κ2) is 7.28. The standard InChI is InChI=1S/C17H24N4O2/c1-4-8-14-11-15(21(3)20-14)19-16(22)18-12-17(2,23)13-9-6-5-7-10-13/h5-7,9-11,23H,4,8,12H2,1-3H3,(H2,18,19,22). The molecule has 23 heavy (non-hydrogen) atoms. The van der Waals surface area contributed by atoms with Crippen LogP contribution in [0.2, 0.25) is 0 Å². The molecule has 2 amide bonds. The van der Waals surface area contributed by atoms with Crippen LogP contribution in [0.25, 0.3) is 0 Å². The Morgan fingerprint density at radius 3 is 2.70 bits per heavy atom. The first-order valence-corrected chi connectivity index (χ1v) is 7.78. The van der Waals surface area contributed by atoms with Crippen molar-refractivity contribution < 1.29 is 9.90 Å². The first-order valence-electron chi connectivity index (χ1n) is 7.78. The van der Waals surface area contributed by atoms with Crippen molar-refractivity contribution in [2.45, 2.75) is 32.3 Å². The maximum absolute atomic E-state index is 12.0. The van der Waals surface area contributed by atoms with Crippen molar-refractivity contribution in [1.82, 2.24) is 15.1 Å². The van der Waals surface area contributed by atoms with Gasteiger partial charge in [0.15, 0.2) is 0 Å². The molecule has 0 radical (unpaired) electrons. The van der Waals surface area contributed by atoms with Gasteiger partial charge in [0, 0.05) is 13.1 Å². The van der Waals surface area contributed by atoms with Crippen LogP contribution in [0.5, 0.6) is 0 Å². The molecule has 0 spiro atoms. The van der Waals surface area contributed by atoms with Crippen LogP contribution in [-0.2, 0) is 19.1 Å². The number of nitrogens with one attached hydrogen (secondary N) is 2. The van der Waals surface area contributed by atoms with Gasteiger partial charge in [-0.25, -0.2) is 4.79 Å². The Hall–Kier alpha value is -2.34. The minimum atomic E-state index is -1.13. The summed E-state index contributed by atoms with van der Waals surface area (Å²) in [5.74, 6) is 0.630. The molecule has 124 valence electrons. The van der Waals surface area contributed by atoms with Crippen LogP contribution in [0, 0.1) is 0 Å². The maximum atomic E-state index is 12.0. The molecule has 0 aliphatic carbocycles. The summed E-state index contributed by atoms with van der Waals surface area (Å²) in [5.41, 5.74) is 0.575. The van der Waals surface area contributed by atoms with E-state index < -0.39 is 5.60 Å². The highest BCUT2D eigenvalue weighted by molar-refractivity contribution is 5.88. The third kappa shape index (κ3) is 4.56. The summed E-state index contributed by atoms with van der Waals surface area (Å²) in [6.45, 7) is 3.87. The summed E-state index contributed by atoms with van der Waals surface area (Å²) in [5, 5.41) is 20.3. The maximum Gasteiger partial charge on any atom is 0.320 e. The van der Waals surface area contributed by atoms with Gasteiger partial charge in [0.2, 0.25) is 0 Å². The minimum absolute atomic E-state index is 0.114. The van der Waals surface area contributed by atoms with Crippen LogP contribution < -0.4 is 10.6 Å². The van der Waals surface area contributed by atoms with Crippen LogP contribution in [0.15, 0.2) is 36.4 Å². The number of aryl methyl sites for hydroxylation is 2. The zero-order valence-corrected chi connectivity index (χ0v) is 13.8. The van der Waals surface area contributed by atoms with Crippen LogP contribution >= 0.6 is 0 Å². The number of carbonyl (C=O) groups excluding carboxylic acids is 1. The summed E-state index contributed by atoms with van der Waals surface area (Å²) in [6.07, 6.45) is 1.88. The Morgan fingerprint density at radius 2 is 2.04 bits per heavy atom. The number of amides is 2. The lowest BCUT2D eigenvalue weighted by molar-refractivity contribution is 0.0599. The Kier molecular flexibility index (Phi) is 5.39. The van der Waals surface area contributed by atoms with Gasteiger partial charge in [0.25, 0.3) is 0 Å². The summed E-state index contributed by atoms with van der Waals surface area (Å²) >= 11 is 0. The quantitative estimate of drug-likeness (QED) is 0.765. The van der Waals surface area contributed by atoms with E-state index in [4.69, 9.17) is 0 Å². The number of urea groups is 1. The zero-order valence-electron chi connectivity index (χ0n) is 13.8. The molecule has 1 aromatic carbocycles. The second-order valence-electron chi connectivity index (χ2n) is 5.84. The molecule has 2 rings (SSSR count). The van der Waals surface area contributed by atoms with E-state index in [1.807, 2.05) is 36.4 Å². The zero-order chi connectivity index (χ0) is 16.9. The van der Waals surface area contributed by atoms with Crippen molar-refractivity contribution in [2.24, 2.45) is 7.05 Å². The highest BCUT2D eigenvalue weighted by Crippen LogP contribution is 2.19. The molecule has 1 heterocycles. The lowest BCUT2D eigenvalue weighted by Gasteiger charge is -2.24. The van der Waals surface area contributed by atoms with Gasteiger partial charge in [-0.3, -0.25) is 10.00 Å². The van der Waals surface area contributed by atoms with E-state index >= 15 is 0 Å². The van der Waals surface area contributed by atoms with Crippen molar-refractivity contribution in [2.75, 3.05) is 11.9 Å². The van der Waals surface area contributed by atoms with Gasteiger partial charge < -0.3 is 10.4 Å². The fourth-order valence-corrected chi connectivity index (χ4v) is 2.33. The molecule has 6 heteroatoms. The first kappa shape index (κ1) is 17.0. The molecule has 0 fully saturated rings. The smallest absolute Gasteiger partial charge is 0.320 e. The monoisotopic (exact) mass is 316 g/mol. The molecule has 0 aliphatic rings. The third-order valence-corrected chi connectivity index (χ3v) is 3.67. The van der Waals surface area contributed by atoms with Gasteiger partial charge in [-0.15, -0.1) is 0 Å². The van der Waals surface area contributed by atoms with Crippen LogP contribution in [0.1, 0.15) is 31.5 Å². The van der Waals surface area contributed by atoms with Gasteiger partial charge in [0.05, 0.1) is 12.2 Å². The van der Waals surface area contributed by atoms with E-state index in [0.29, 0.717) is 5.82 Å².